The molecule has 0 atom stereocenters. The van der Waals surface area contributed by atoms with E-state index in [9.17, 15) is 0 Å². The highest BCUT2D eigenvalue weighted by molar-refractivity contribution is 5.57. The van der Waals surface area contributed by atoms with Gasteiger partial charge in [0.25, 0.3) is 0 Å². The number of hydrogen-bond acceptors (Lipinski definition) is 3. The Hall–Kier alpha value is -2.62. The van der Waals surface area contributed by atoms with E-state index in [4.69, 9.17) is 0 Å². The summed E-state index contributed by atoms with van der Waals surface area (Å²) >= 11 is 0. The van der Waals surface area contributed by atoms with Gasteiger partial charge in [-0.1, -0.05) is 24.3 Å². The van der Waals surface area contributed by atoms with Gasteiger partial charge < -0.3 is 5.32 Å². The van der Waals surface area contributed by atoms with Crippen LogP contribution >= 0.6 is 0 Å². The second-order valence-corrected chi connectivity index (χ2v) is 5.00. The van der Waals surface area contributed by atoms with Crippen LogP contribution in [-0.2, 0) is 6.54 Å². The molecular weight excluding hydrogens is 260 g/mol. The van der Waals surface area contributed by atoms with Crippen molar-refractivity contribution >= 4 is 5.69 Å². The van der Waals surface area contributed by atoms with Gasteiger partial charge >= 0.3 is 0 Å². The molecule has 0 unspecified atom stereocenters. The Morgan fingerprint density at radius 3 is 2.62 bits per heavy atom. The van der Waals surface area contributed by atoms with Crippen LogP contribution in [0.5, 0.6) is 0 Å². The molecule has 1 aromatic carbocycles. The molecular formula is C17H18N4. The maximum atomic E-state index is 4.48. The smallest absolute Gasteiger partial charge is 0.161 e. The normalized spacial score (nSPS) is 10.6. The first-order valence-corrected chi connectivity index (χ1v) is 6.99. The summed E-state index contributed by atoms with van der Waals surface area (Å²) in [6, 6.07) is 12.4. The molecule has 3 rings (SSSR count). The lowest BCUT2D eigenvalue weighted by Crippen LogP contribution is -2.07. The lowest BCUT2D eigenvalue weighted by atomic mass is 10.1. The Bertz CT molecular complexity index is 746. The van der Waals surface area contributed by atoms with E-state index in [1.165, 1.54) is 11.1 Å². The first-order valence-electron chi connectivity index (χ1n) is 6.99. The van der Waals surface area contributed by atoms with Crippen molar-refractivity contribution in [2.45, 2.75) is 20.4 Å². The first-order chi connectivity index (χ1) is 10.3. The van der Waals surface area contributed by atoms with Gasteiger partial charge in [-0.25, -0.2) is 9.97 Å². The predicted octanol–water partition coefficient (Wildman–Crippen LogP) is 3.50. The van der Waals surface area contributed by atoms with Gasteiger partial charge in [-0.05, 0) is 37.1 Å². The highest BCUT2D eigenvalue weighted by Gasteiger charge is 2.08. The van der Waals surface area contributed by atoms with Gasteiger partial charge in [0.15, 0.2) is 5.82 Å². The number of pyridine rings is 1. The van der Waals surface area contributed by atoms with Crippen LogP contribution in [0.2, 0.25) is 0 Å². The van der Waals surface area contributed by atoms with Crippen molar-refractivity contribution in [3.8, 4) is 5.82 Å². The molecule has 4 heteroatoms. The Morgan fingerprint density at radius 2 is 1.86 bits per heavy atom. The Morgan fingerprint density at radius 1 is 1.00 bits per heavy atom. The van der Waals surface area contributed by atoms with Crippen molar-refractivity contribution in [1.29, 1.82) is 0 Å². The van der Waals surface area contributed by atoms with Gasteiger partial charge in [0.05, 0.1) is 5.69 Å². The van der Waals surface area contributed by atoms with Gasteiger partial charge in [0, 0.05) is 25.1 Å². The largest absolute Gasteiger partial charge is 0.378 e. The quantitative estimate of drug-likeness (QED) is 0.794. The summed E-state index contributed by atoms with van der Waals surface area (Å²) in [6.45, 7) is 4.88. The topological polar surface area (TPSA) is 42.7 Å². The molecule has 0 radical (unpaired) electrons. The van der Waals surface area contributed by atoms with Crippen molar-refractivity contribution in [3.63, 3.8) is 0 Å². The van der Waals surface area contributed by atoms with Crippen molar-refractivity contribution in [2.75, 3.05) is 5.32 Å². The average Bonchev–Trinajstić information content (AvgIpc) is 2.93. The molecule has 0 saturated heterocycles. The zero-order valence-corrected chi connectivity index (χ0v) is 12.2. The number of nitrogens with zero attached hydrogens (tertiary/aromatic N) is 3. The summed E-state index contributed by atoms with van der Waals surface area (Å²) in [5.41, 5.74) is 3.57. The molecule has 106 valence electrons. The van der Waals surface area contributed by atoms with Gasteiger partial charge in [-0.3, -0.25) is 4.57 Å². The van der Waals surface area contributed by atoms with Gasteiger partial charge in [0.2, 0.25) is 0 Å². The summed E-state index contributed by atoms with van der Waals surface area (Å²) in [7, 11) is 0. The average molecular weight is 278 g/mol. The molecule has 2 heterocycles. The van der Waals surface area contributed by atoms with Crippen molar-refractivity contribution in [2.24, 2.45) is 0 Å². The van der Waals surface area contributed by atoms with Crippen LogP contribution in [0.4, 0.5) is 5.69 Å². The molecule has 2 aromatic heterocycles. The SMILES string of the molecule is Cc1ccccc1CNc1cccnc1-n1ccnc1C. The monoisotopic (exact) mass is 278 g/mol. The molecule has 3 aromatic rings. The second-order valence-electron chi connectivity index (χ2n) is 5.00. The number of nitrogens with one attached hydrogen (secondary N) is 1. The highest BCUT2D eigenvalue weighted by Crippen LogP contribution is 2.19. The molecule has 0 aliphatic heterocycles. The second kappa shape index (κ2) is 5.79. The Balaban J connectivity index is 1.87. The first kappa shape index (κ1) is 13.4. The Labute approximate surface area is 124 Å². The van der Waals surface area contributed by atoms with E-state index in [0.29, 0.717) is 0 Å². The summed E-state index contributed by atoms with van der Waals surface area (Å²) in [6.07, 6.45) is 5.51. The summed E-state index contributed by atoms with van der Waals surface area (Å²) in [5, 5.41) is 3.47. The minimum Gasteiger partial charge on any atom is -0.378 e. The van der Waals surface area contributed by atoms with Gasteiger partial charge in [-0.15, -0.1) is 0 Å². The fraction of sp³-hybridized carbons (Fsp3) is 0.176. The number of benzene rings is 1. The maximum absolute atomic E-state index is 4.48. The molecule has 0 amide bonds. The third kappa shape index (κ3) is 2.79. The van der Waals surface area contributed by atoms with E-state index in [2.05, 4.69) is 46.5 Å². The summed E-state index contributed by atoms with van der Waals surface area (Å²) in [5.74, 6) is 1.80. The van der Waals surface area contributed by atoms with Crippen LogP contribution in [0.3, 0.4) is 0 Å². The lowest BCUT2D eigenvalue weighted by molar-refractivity contribution is 0.928. The number of aromatic nitrogens is 3. The molecule has 0 spiro atoms. The minimum atomic E-state index is 0.777. The summed E-state index contributed by atoms with van der Waals surface area (Å²) in [4.78, 5) is 8.74. The predicted molar refractivity (Wildman–Crippen MR) is 84.6 cm³/mol. The van der Waals surface area contributed by atoms with Crippen LogP contribution in [0, 0.1) is 13.8 Å². The highest BCUT2D eigenvalue weighted by atomic mass is 15.1. The maximum Gasteiger partial charge on any atom is 0.161 e. The van der Waals surface area contributed by atoms with Crippen molar-refractivity contribution < 1.29 is 0 Å². The summed E-state index contributed by atoms with van der Waals surface area (Å²) < 4.78 is 1.99. The molecule has 1 N–H and O–H groups in total. The number of anilines is 1. The fourth-order valence-corrected chi connectivity index (χ4v) is 2.33. The number of rotatable bonds is 4. The van der Waals surface area contributed by atoms with Crippen LogP contribution in [-0.4, -0.2) is 14.5 Å². The van der Waals surface area contributed by atoms with E-state index < -0.39 is 0 Å². The molecule has 0 aliphatic carbocycles. The van der Waals surface area contributed by atoms with Crippen LogP contribution < -0.4 is 5.32 Å². The standard InChI is InChI=1S/C17H18N4/c1-13-6-3-4-7-15(13)12-20-16-8-5-9-19-17(16)21-11-10-18-14(21)2/h3-11,20H,12H2,1-2H3. The zero-order valence-electron chi connectivity index (χ0n) is 12.2. The lowest BCUT2D eigenvalue weighted by Gasteiger charge is -2.13. The third-order valence-corrected chi connectivity index (χ3v) is 3.57. The van der Waals surface area contributed by atoms with Crippen molar-refractivity contribution in [3.05, 3.63) is 71.9 Å². The van der Waals surface area contributed by atoms with Gasteiger partial charge in [-0.2, -0.15) is 0 Å². The van der Waals surface area contributed by atoms with E-state index in [-0.39, 0.29) is 0 Å². The number of hydrogen-bond donors (Lipinski definition) is 1. The zero-order chi connectivity index (χ0) is 14.7. The number of aryl methyl sites for hydroxylation is 2. The van der Waals surface area contributed by atoms with Crippen LogP contribution in [0.25, 0.3) is 5.82 Å². The van der Waals surface area contributed by atoms with E-state index in [1.54, 1.807) is 12.4 Å². The number of imidazole rings is 1. The minimum absolute atomic E-state index is 0.777. The van der Waals surface area contributed by atoms with E-state index in [1.807, 2.05) is 29.8 Å². The molecule has 21 heavy (non-hydrogen) atoms. The third-order valence-electron chi connectivity index (χ3n) is 3.57. The van der Waals surface area contributed by atoms with E-state index >= 15 is 0 Å². The van der Waals surface area contributed by atoms with Crippen LogP contribution in [0.1, 0.15) is 17.0 Å². The molecule has 0 bridgehead atoms. The fourth-order valence-electron chi connectivity index (χ4n) is 2.33. The molecule has 0 aliphatic rings. The molecule has 4 nitrogen and oxygen atoms in total. The molecule has 0 fully saturated rings. The van der Waals surface area contributed by atoms with Crippen LogP contribution in [0.15, 0.2) is 55.0 Å². The van der Waals surface area contributed by atoms with Gasteiger partial charge in [0.1, 0.15) is 5.82 Å². The van der Waals surface area contributed by atoms with E-state index in [0.717, 1.165) is 23.9 Å². The van der Waals surface area contributed by atoms with Crippen molar-refractivity contribution in [1.82, 2.24) is 14.5 Å². The Kier molecular flexibility index (Phi) is 3.69. The molecule has 0 saturated carbocycles.